The molecule has 0 aromatic heterocycles. The Labute approximate surface area is 210 Å². The average Bonchev–Trinajstić information content (AvgIpc) is 2.87. The van der Waals surface area contributed by atoms with Crippen LogP contribution >= 0.6 is 11.8 Å². The lowest BCUT2D eigenvalue weighted by atomic mass is 9.95. The molecule has 3 rings (SSSR count). The summed E-state index contributed by atoms with van der Waals surface area (Å²) in [6, 6.07) is 21.7. The Morgan fingerprint density at radius 1 is 0.914 bits per heavy atom. The number of carbonyl (C=O) groups is 2. The second-order valence-corrected chi connectivity index (χ2v) is 9.02. The summed E-state index contributed by atoms with van der Waals surface area (Å²) in [5.41, 5.74) is 3.01. The predicted octanol–water partition coefficient (Wildman–Crippen LogP) is 5.45. The van der Waals surface area contributed by atoms with Crippen molar-refractivity contribution in [2.45, 2.75) is 25.8 Å². The van der Waals surface area contributed by atoms with Gasteiger partial charge in [0.25, 0.3) is 5.91 Å². The monoisotopic (exact) mass is 493 g/mol. The van der Waals surface area contributed by atoms with Crippen LogP contribution in [-0.4, -0.2) is 48.2 Å². The van der Waals surface area contributed by atoms with Crippen LogP contribution in [0.3, 0.4) is 0 Å². The van der Waals surface area contributed by atoms with Gasteiger partial charge in [0.2, 0.25) is 0 Å². The Hall–Kier alpha value is -3.45. The molecule has 35 heavy (non-hydrogen) atoms. The fourth-order valence-corrected chi connectivity index (χ4v) is 4.07. The van der Waals surface area contributed by atoms with Crippen molar-refractivity contribution in [1.82, 2.24) is 5.32 Å². The van der Waals surface area contributed by atoms with E-state index < -0.39 is 17.9 Å². The number of ether oxygens (including phenoxy) is 2. The van der Waals surface area contributed by atoms with Gasteiger partial charge in [0.1, 0.15) is 17.5 Å². The first-order chi connectivity index (χ1) is 17.0. The van der Waals surface area contributed by atoms with E-state index in [4.69, 9.17) is 9.47 Å². The van der Waals surface area contributed by atoms with E-state index in [1.807, 2.05) is 73.8 Å². The molecule has 0 bridgehead atoms. The van der Waals surface area contributed by atoms with E-state index >= 15 is 0 Å². The average molecular weight is 494 g/mol. The molecular weight excluding hydrogens is 462 g/mol. The number of nitrogens with one attached hydrogen (secondary N) is 1. The lowest BCUT2D eigenvalue weighted by Crippen LogP contribution is -2.41. The van der Waals surface area contributed by atoms with Crippen molar-refractivity contribution < 1.29 is 24.2 Å². The largest absolute Gasteiger partial charge is 0.493 e. The number of rotatable bonds is 13. The van der Waals surface area contributed by atoms with Crippen molar-refractivity contribution in [2.24, 2.45) is 0 Å². The van der Waals surface area contributed by atoms with Crippen molar-refractivity contribution >= 4 is 23.6 Å². The van der Waals surface area contributed by atoms with Crippen molar-refractivity contribution in [3.63, 3.8) is 0 Å². The number of amides is 1. The van der Waals surface area contributed by atoms with Crippen LogP contribution in [0.4, 0.5) is 0 Å². The number of thioether (sulfide) groups is 1. The van der Waals surface area contributed by atoms with Gasteiger partial charge in [-0.15, -0.1) is 0 Å². The second-order valence-electron chi connectivity index (χ2n) is 8.03. The molecule has 0 aliphatic rings. The molecule has 0 saturated carbocycles. The van der Waals surface area contributed by atoms with Gasteiger partial charge in [0, 0.05) is 12.0 Å². The molecule has 1 atom stereocenters. The molecule has 3 aromatic rings. The lowest BCUT2D eigenvalue weighted by Gasteiger charge is -2.18. The first-order valence-electron chi connectivity index (χ1n) is 11.5. The van der Waals surface area contributed by atoms with E-state index in [0.29, 0.717) is 48.7 Å². The number of hydrogen-bond acceptors (Lipinski definition) is 5. The highest BCUT2D eigenvalue weighted by molar-refractivity contribution is 7.98. The summed E-state index contributed by atoms with van der Waals surface area (Å²) >= 11 is 1.54. The summed E-state index contributed by atoms with van der Waals surface area (Å²) < 4.78 is 11.6. The van der Waals surface area contributed by atoms with Crippen LogP contribution in [0, 0.1) is 6.92 Å². The summed E-state index contributed by atoms with van der Waals surface area (Å²) in [5, 5.41) is 12.2. The fraction of sp³-hybridized carbons (Fsp3) is 0.286. The Kier molecular flexibility index (Phi) is 10.0. The first-order valence-corrected chi connectivity index (χ1v) is 12.9. The van der Waals surface area contributed by atoms with Crippen molar-refractivity contribution in [1.29, 1.82) is 0 Å². The second kappa shape index (κ2) is 13.4. The van der Waals surface area contributed by atoms with E-state index in [1.165, 1.54) is 0 Å². The number of benzene rings is 3. The van der Waals surface area contributed by atoms with Crippen LogP contribution in [0.2, 0.25) is 0 Å². The van der Waals surface area contributed by atoms with Crippen LogP contribution in [0.5, 0.6) is 11.5 Å². The Morgan fingerprint density at radius 2 is 1.60 bits per heavy atom. The number of hydrogen-bond donors (Lipinski definition) is 2. The first kappa shape index (κ1) is 26.2. The maximum atomic E-state index is 13.1. The molecule has 1 amide bonds. The van der Waals surface area contributed by atoms with Crippen LogP contribution < -0.4 is 14.8 Å². The van der Waals surface area contributed by atoms with Gasteiger partial charge in [0.05, 0.1) is 13.2 Å². The topological polar surface area (TPSA) is 84.9 Å². The van der Waals surface area contributed by atoms with Crippen molar-refractivity contribution in [2.75, 3.05) is 25.2 Å². The smallest absolute Gasteiger partial charge is 0.326 e. The number of para-hydroxylation sites is 1. The molecule has 184 valence electrons. The molecule has 6 nitrogen and oxygen atoms in total. The number of carboxylic acid groups (broad SMARTS) is 1. The van der Waals surface area contributed by atoms with E-state index in [9.17, 15) is 14.7 Å². The number of aryl methyl sites for hydroxylation is 1. The molecule has 0 unspecified atom stereocenters. The zero-order chi connectivity index (χ0) is 25.0. The summed E-state index contributed by atoms with van der Waals surface area (Å²) in [6.45, 7) is 2.97. The molecule has 2 N–H and O–H groups in total. The Bertz CT molecular complexity index is 1120. The van der Waals surface area contributed by atoms with Gasteiger partial charge < -0.3 is 19.9 Å². The normalized spacial score (nSPS) is 11.5. The molecule has 0 saturated heterocycles. The van der Waals surface area contributed by atoms with E-state index in [0.717, 1.165) is 16.9 Å². The summed E-state index contributed by atoms with van der Waals surface area (Å²) in [7, 11) is 0. The summed E-state index contributed by atoms with van der Waals surface area (Å²) in [6.07, 6.45) is 2.96. The number of carbonyl (C=O) groups excluding carboxylic acids is 1. The molecule has 3 aromatic carbocycles. The highest BCUT2D eigenvalue weighted by atomic mass is 32.2. The SMILES string of the molecule is CSCC[C@H](NC(=O)c1ccc(OCCCOc2ccccc2)cc1-c1ccccc1C)C(=O)O. The third-order valence-electron chi connectivity index (χ3n) is 5.45. The third kappa shape index (κ3) is 7.79. The van der Waals surface area contributed by atoms with Crippen molar-refractivity contribution in [3.8, 4) is 22.6 Å². The van der Waals surface area contributed by atoms with Gasteiger partial charge in [-0.2, -0.15) is 11.8 Å². The third-order valence-corrected chi connectivity index (χ3v) is 6.10. The molecule has 0 aliphatic heterocycles. The van der Waals surface area contributed by atoms with Crippen LogP contribution in [0.1, 0.15) is 28.8 Å². The minimum atomic E-state index is -1.04. The van der Waals surface area contributed by atoms with E-state index in [1.54, 1.807) is 23.9 Å². The van der Waals surface area contributed by atoms with Gasteiger partial charge in [-0.1, -0.05) is 42.5 Å². The lowest BCUT2D eigenvalue weighted by molar-refractivity contribution is -0.139. The zero-order valence-electron chi connectivity index (χ0n) is 20.0. The van der Waals surface area contributed by atoms with Crippen LogP contribution in [-0.2, 0) is 4.79 Å². The molecule has 0 heterocycles. The predicted molar refractivity (Wildman–Crippen MR) is 141 cm³/mol. The quantitative estimate of drug-likeness (QED) is 0.308. The highest BCUT2D eigenvalue weighted by Crippen LogP contribution is 2.31. The maximum absolute atomic E-state index is 13.1. The molecule has 0 spiro atoms. The van der Waals surface area contributed by atoms with E-state index in [-0.39, 0.29) is 0 Å². The van der Waals surface area contributed by atoms with Gasteiger partial charge in [-0.3, -0.25) is 4.79 Å². The molecule has 0 aliphatic carbocycles. The molecule has 7 heteroatoms. The van der Waals surface area contributed by atoms with Gasteiger partial charge in [-0.05, 0) is 72.4 Å². The highest BCUT2D eigenvalue weighted by Gasteiger charge is 2.23. The standard InChI is InChI=1S/C28H31NO5S/c1-20-9-6-7-12-23(20)25-19-22(34-17-8-16-33-21-10-4-3-5-11-21)13-14-24(25)27(30)29-26(28(31)32)15-18-35-2/h3-7,9-14,19,26H,8,15-18H2,1-2H3,(H,29,30)(H,31,32)/t26-/m0/s1. The molecular formula is C28H31NO5S. The fourth-order valence-electron chi connectivity index (χ4n) is 3.59. The van der Waals surface area contributed by atoms with Gasteiger partial charge in [-0.25, -0.2) is 4.79 Å². The minimum absolute atomic E-state index is 0.355. The summed E-state index contributed by atoms with van der Waals surface area (Å²) in [5.74, 6) is 0.642. The number of aliphatic carboxylic acids is 1. The van der Waals surface area contributed by atoms with Gasteiger partial charge in [0.15, 0.2) is 0 Å². The van der Waals surface area contributed by atoms with Crippen LogP contribution in [0.25, 0.3) is 11.1 Å². The van der Waals surface area contributed by atoms with Crippen LogP contribution in [0.15, 0.2) is 72.8 Å². The Morgan fingerprint density at radius 3 is 2.29 bits per heavy atom. The molecule has 0 fully saturated rings. The minimum Gasteiger partial charge on any atom is -0.493 e. The zero-order valence-corrected chi connectivity index (χ0v) is 20.8. The number of carboxylic acids is 1. The maximum Gasteiger partial charge on any atom is 0.326 e. The van der Waals surface area contributed by atoms with Gasteiger partial charge >= 0.3 is 5.97 Å². The van der Waals surface area contributed by atoms with E-state index in [2.05, 4.69) is 5.32 Å². The molecule has 0 radical (unpaired) electrons. The Balaban J connectivity index is 1.74. The summed E-state index contributed by atoms with van der Waals surface area (Å²) in [4.78, 5) is 24.8. The van der Waals surface area contributed by atoms with Crippen molar-refractivity contribution in [3.05, 3.63) is 83.9 Å².